The van der Waals surface area contributed by atoms with E-state index in [1.54, 1.807) is 11.0 Å². The predicted octanol–water partition coefficient (Wildman–Crippen LogP) is 3.21. The number of anilines is 2. The SMILES string of the molecule is C=S(C)(=O)Nc1cnn(C(=O)N2CC3CN(Cc4ccc(N5CCCC5)cc4C(F)(F)F)CC3C2)c1. The maximum Gasteiger partial charge on any atom is 0.416 e. The zero-order valence-corrected chi connectivity index (χ0v) is 21.0. The Morgan fingerprint density at radius 1 is 1.17 bits per heavy atom. The molecular formula is C24H31F3N6O2S. The highest BCUT2D eigenvalue weighted by Crippen LogP contribution is 2.38. The molecule has 0 saturated carbocycles. The molecule has 0 aliphatic carbocycles. The summed E-state index contributed by atoms with van der Waals surface area (Å²) in [7, 11) is -2.48. The van der Waals surface area contributed by atoms with E-state index >= 15 is 0 Å². The number of likely N-dealkylation sites (tertiary alicyclic amines) is 2. The summed E-state index contributed by atoms with van der Waals surface area (Å²) in [6.45, 7) is 4.19. The van der Waals surface area contributed by atoms with Gasteiger partial charge in [0.05, 0.1) is 23.6 Å². The molecule has 0 spiro atoms. The molecule has 1 aromatic carbocycles. The Morgan fingerprint density at radius 3 is 2.44 bits per heavy atom. The number of alkyl halides is 3. The van der Waals surface area contributed by atoms with Gasteiger partial charge in [0.25, 0.3) is 0 Å². The normalized spacial score (nSPS) is 24.2. The van der Waals surface area contributed by atoms with Crippen LogP contribution in [0, 0.1) is 11.8 Å². The third kappa shape index (κ3) is 5.34. The van der Waals surface area contributed by atoms with Gasteiger partial charge in [0.2, 0.25) is 0 Å². The van der Waals surface area contributed by atoms with E-state index in [-0.39, 0.29) is 24.4 Å². The number of benzene rings is 1. The molecule has 196 valence electrons. The van der Waals surface area contributed by atoms with Crippen LogP contribution < -0.4 is 9.62 Å². The van der Waals surface area contributed by atoms with E-state index in [1.807, 2.05) is 11.0 Å². The average Bonchev–Trinajstić information content (AvgIpc) is 3.56. The molecule has 0 radical (unpaired) electrons. The molecule has 3 atom stereocenters. The lowest BCUT2D eigenvalue weighted by molar-refractivity contribution is -0.138. The van der Waals surface area contributed by atoms with Crippen molar-refractivity contribution in [1.82, 2.24) is 19.6 Å². The van der Waals surface area contributed by atoms with Crippen molar-refractivity contribution in [3.8, 4) is 0 Å². The molecule has 3 fully saturated rings. The third-order valence-corrected chi connectivity index (χ3v) is 7.88. The minimum atomic E-state index is -4.40. The van der Waals surface area contributed by atoms with Gasteiger partial charge in [-0.25, -0.2) is 9.00 Å². The second-order valence-corrected chi connectivity index (χ2v) is 12.4. The Kier molecular flexibility index (Phi) is 6.44. The number of nitrogens with zero attached hydrogens (tertiary/aromatic N) is 5. The predicted molar refractivity (Wildman–Crippen MR) is 135 cm³/mol. The lowest BCUT2D eigenvalue weighted by Crippen LogP contribution is -2.36. The number of carbonyl (C=O) groups excluding carboxylic acids is 1. The first-order chi connectivity index (χ1) is 17.0. The quantitative estimate of drug-likeness (QED) is 0.609. The van der Waals surface area contributed by atoms with E-state index in [0.29, 0.717) is 43.1 Å². The highest BCUT2D eigenvalue weighted by Gasteiger charge is 2.43. The molecule has 0 bridgehead atoms. The van der Waals surface area contributed by atoms with Crippen LogP contribution in [-0.2, 0) is 22.4 Å². The largest absolute Gasteiger partial charge is 0.416 e. The Labute approximate surface area is 209 Å². The van der Waals surface area contributed by atoms with Crippen molar-refractivity contribution in [2.45, 2.75) is 25.6 Å². The van der Waals surface area contributed by atoms with Crippen molar-refractivity contribution in [2.24, 2.45) is 11.8 Å². The number of rotatable bonds is 5. The van der Waals surface area contributed by atoms with Crippen molar-refractivity contribution in [3.05, 3.63) is 41.7 Å². The number of fused-ring (bicyclic) bond motifs is 1. The highest BCUT2D eigenvalue weighted by molar-refractivity contribution is 8.00. The van der Waals surface area contributed by atoms with Crippen molar-refractivity contribution in [2.75, 3.05) is 55.1 Å². The van der Waals surface area contributed by atoms with Crippen molar-refractivity contribution >= 4 is 33.0 Å². The van der Waals surface area contributed by atoms with Crippen LogP contribution in [0.1, 0.15) is 24.0 Å². The summed E-state index contributed by atoms with van der Waals surface area (Å²) in [6, 6.07) is 4.47. The fourth-order valence-corrected chi connectivity index (χ4v) is 6.23. The van der Waals surface area contributed by atoms with Crippen LogP contribution in [-0.4, -0.2) is 81.2 Å². The summed E-state index contributed by atoms with van der Waals surface area (Å²) in [5.74, 6) is 3.94. The van der Waals surface area contributed by atoms with Gasteiger partial charge >= 0.3 is 12.2 Å². The minimum Gasteiger partial charge on any atom is -0.372 e. The zero-order chi connectivity index (χ0) is 25.7. The maximum absolute atomic E-state index is 13.9. The molecule has 3 saturated heterocycles. The first-order valence-electron chi connectivity index (χ1n) is 12.1. The van der Waals surface area contributed by atoms with Crippen LogP contribution in [0.25, 0.3) is 0 Å². The van der Waals surface area contributed by atoms with Crippen molar-refractivity contribution < 1.29 is 22.2 Å². The number of halogens is 3. The summed E-state index contributed by atoms with van der Waals surface area (Å²) in [6.07, 6.45) is 1.99. The number of amides is 1. The van der Waals surface area contributed by atoms with Crippen LogP contribution in [0.15, 0.2) is 30.6 Å². The van der Waals surface area contributed by atoms with Gasteiger partial charge in [-0.3, -0.25) is 4.90 Å². The van der Waals surface area contributed by atoms with Gasteiger partial charge in [0.1, 0.15) is 0 Å². The first-order valence-corrected chi connectivity index (χ1v) is 14.2. The summed E-state index contributed by atoms with van der Waals surface area (Å²) < 4.78 is 57.5. The van der Waals surface area contributed by atoms with Crippen LogP contribution in [0.3, 0.4) is 0 Å². The highest BCUT2D eigenvalue weighted by atomic mass is 32.2. The molecule has 1 N–H and O–H groups in total. The van der Waals surface area contributed by atoms with E-state index in [9.17, 15) is 22.2 Å². The Morgan fingerprint density at radius 2 is 1.83 bits per heavy atom. The molecule has 8 nitrogen and oxygen atoms in total. The summed E-state index contributed by atoms with van der Waals surface area (Å²) >= 11 is 0. The molecular weight excluding hydrogens is 493 g/mol. The lowest BCUT2D eigenvalue weighted by atomic mass is 10.0. The average molecular weight is 525 g/mol. The number of carbonyl (C=O) groups is 1. The number of aromatic nitrogens is 2. The van der Waals surface area contributed by atoms with E-state index < -0.39 is 21.4 Å². The Hall–Kier alpha value is -2.73. The smallest absolute Gasteiger partial charge is 0.372 e. The second-order valence-electron chi connectivity index (χ2n) is 10.2. The van der Waals surface area contributed by atoms with Crippen molar-refractivity contribution in [1.29, 1.82) is 0 Å². The molecule has 2 aromatic rings. The minimum absolute atomic E-state index is 0.203. The molecule has 1 amide bonds. The van der Waals surface area contributed by atoms with Gasteiger partial charge < -0.3 is 14.5 Å². The monoisotopic (exact) mass is 524 g/mol. The van der Waals surface area contributed by atoms with E-state index in [1.165, 1.54) is 29.4 Å². The fraction of sp³-hybridized carbons (Fsp3) is 0.542. The molecule has 1 aromatic heterocycles. The summed E-state index contributed by atoms with van der Waals surface area (Å²) in [5, 5.41) is 4.07. The van der Waals surface area contributed by atoms with Gasteiger partial charge in [-0.05, 0) is 48.2 Å². The molecule has 5 rings (SSSR count). The molecule has 4 heterocycles. The van der Waals surface area contributed by atoms with Crippen molar-refractivity contribution in [3.63, 3.8) is 0 Å². The standard InChI is InChI=1S/C24H31F3N6O2S/c1-36(2,35)29-20-10-28-33(16-20)23(34)32-14-18-12-30(13-19(18)15-32)11-17-5-6-21(31-7-3-4-8-31)9-22(17)24(25,26)27/h5-6,9-10,16,18-19H,1,3-4,7-8,11-15H2,2H3,(H,29,35). The molecule has 3 aliphatic rings. The topological polar surface area (TPSA) is 73.7 Å². The molecule has 3 aliphatic heterocycles. The fourth-order valence-electron chi connectivity index (χ4n) is 5.63. The van der Waals surface area contributed by atoms with Crippen LogP contribution in [0.4, 0.5) is 29.3 Å². The van der Waals surface area contributed by atoms with Gasteiger partial charge in [-0.2, -0.15) is 23.0 Å². The van der Waals surface area contributed by atoms with E-state index in [2.05, 4.69) is 20.6 Å². The lowest BCUT2D eigenvalue weighted by Gasteiger charge is -2.24. The third-order valence-electron chi connectivity index (χ3n) is 7.21. The summed E-state index contributed by atoms with van der Waals surface area (Å²) in [5.41, 5.74) is 0.840. The first kappa shape index (κ1) is 24.9. The van der Waals surface area contributed by atoms with Gasteiger partial charge in [-0.15, -0.1) is 0 Å². The zero-order valence-electron chi connectivity index (χ0n) is 20.2. The van der Waals surface area contributed by atoms with Gasteiger partial charge in [-0.1, -0.05) is 6.07 Å². The van der Waals surface area contributed by atoms with Crippen LogP contribution in [0.2, 0.25) is 0 Å². The summed E-state index contributed by atoms with van der Waals surface area (Å²) in [4.78, 5) is 18.7. The molecule has 12 heteroatoms. The Bertz CT molecular complexity index is 1220. The van der Waals surface area contributed by atoms with Gasteiger partial charge in [0.15, 0.2) is 0 Å². The number of hydrogen-bond donors (Lipinski definition) is 1. The molecule has 3 unspecified atom stereocenters. The van der Waals surface area contributed by atoms with E-state index in [4.69, 9.17) is 0 Å². The number of hydrogen-bond acceptors (Lipinski definition) is 5. The maximum atomic E-state index is 13.9. The van der Waals surface area contributed by atoms with Crippen LogP contribution >= 0.6 is 0 Å². The molecule has 36 heavy (non-hydrogen) atoms. The van der Waals surface area contributed by atoms with Crippen LogP contribution in [0.5, 0.6) is 0 Å². The van der Waals surface area contributed by atoms with E-state index in [0.717, 1.165) is 25.9 Å². The number of nitrogens with one attached hydrogen (secondary N) is 1. The van der Waals surface area contributed by atoms with Gasteiger partial charge in [0, 0.05) is 67.5 Å². The Balaban J connectivity index is 1.22. The second kappa shape index (κ2) is 9.29.